The first-order valence-corrected chi connectivity index (χ1v) is 6.56. The van der Waals surface area contributed by atoms with Crippen molar-refractivity contribution in [3.8, 4) is 0 Å². The zero-order valence-electron chi connectivity index (χ0n) is 10.6. The van der Waals surface area contributed by atoms with Crippen LogP contribution in [-0.2, 0) is 4.74 Å². The molecule has 1 saturated carbocycles. The van der Waals surface area contributed by atoms with Gasteiger partial charge in [0, 0.05) is 19.3 Å². The summed E-state index contributed by atoms with van der Waals surface area (Å²) in [5.41, 5.74) is 0.572. The Kier molecular flexibility index (Phi) is 5.62. The standard InChI is InChI=1S/C13H27NO/c1-4-6-10-15-11-9-13(7-8-13)12(3)14-5-2/h12,14H,4-11H2,1-3H3. The number of rotatable bonds is 9. The third kappa shape index (κ3) is 4.12. The van der Waals surface area contributed by atoms with Gasteiger partial charge >= 0.3 is 0 Å². The first kappa shape index (κ1) is 13.0. The van der Waals surface area contributed by atoms with Gasteiger partial charge in [0.1, 0.15) is 0 Å². The minimum atomic E-state index is 0.572. The van der Waals surface area contributed by atoms with Crippen LogP contribution >= 0.6 is 0 Å². The summed E-state index contributed by atoms with van der Waals surface area (Å²) in [6.07, 6.45) is 6.45. The molecule has 90 valence electrons. The molecule has 0 aromatic rings. The zero-order chi connectivity index (χ0) is 11.1. The average Bonchev–Trinajstić information content (AvgIpc) is 2.99. The second-order valence-corrected chi connectivity index (χ2v) is 4.86. The summed E-state index contributed by atoms with van der Waals surface area (Å²) in [6.45, 7) is 9.70. The van der Waals surface area contributed by atoms with Crippen LogP contribution in [0.3, 0.4) is 0 Å². The molecule has 1 unspecified atom stereocenters. The van der Waals surface area contributed by atoms with Crippen LogP contribution in [0.5, 0.6) is 0 Å². The van der Waals surface area contributed by atoms with E-state index in [1.165, 1.54) is 32.1 Å². The Morgan fingerprint density at radius 3 is 2.53 bits per heavy atom. The molecule has 0 bridgehead atoms. The van der Waals surface area contributed by atoms with Gasteiger partial charge in [0.25, 0.3) is 0 Å². The molecule has 15 heavy (non-hydrogen) atoms. The van der Waals surface area contributed by atoms with Crippen LogP contribution in [0, 0.1) is 5.41 Å². The van der Waals surface area contributed by atoms with Gasteiger partial charge in [-0.15, -0.1) is 0 Å². The van der Waals surface area contributed by atoms with E-state index in [4.69, 9.17) is 4.74 Å². The van der Waals surface area contributed by atoms with E-state index in [0.717, 1.165) is 19.8 Å². The largest absolute Gasteiger partial charge is 0.381 e. The molecule has 1 atom stereocenters. The Morgan fingerprint density at radius 2 is 2.00 bits per heavy atom. The molecule has 0 spiro atoms. The lowest BCUT2D eigenvalue weighted by Crippen LogP contribution is -2.35. The summed E-state index contributed by atoms with van der Waals surface area (Å²) in [5.74, 6) is 0. The van der Waals surface area contributed by atoms with E-state index < -0.39 is 0 Å². The average molecular weight is 213 g/mol. The summed E-state index contributed by atoms with van der Waals surface area (Å²) < 4.78 is 5.65. The van der Waals surface area contributed by atoms with Crippen molar-refractivity contribution in [3.63, 3.8) is 0 Å². The summed E-state index contributed by atoms with van der Waals surface area (Å²) in [4.78, 5) is 0. The highest BCUT2D eigenvalue weighted by atomic mass is 16.5. The Hall–Kier alpha value is -0.0800. The van der Waals surface area contributed by atoms with E-state index in [1.54, 1.807) is 0 Å². The molecule has 1 fully saturated rings. The van der Waals surface area contributed by atoms with Crippen LogP contribution in [-0.4, -0.2) is 25.8 Å². The van der Waals surface area contributed by atoms with Crippen LogP contribution in [0.1, 0.15) is 52.9 Å². The normalized spacial score (nSPS) is 20.2. The van der Waals surface area contributed by atoms with Gasteiger partial charge in [-0.3, -0.25) is 0 Å². The molecule has 0 saturated heterocycles. The van der Waals surface area contributed by atoms with Gasteiger partial charge in [0.05, 0.1) is 0 Å². The molecule has 1 N–H and O–H groups in total. The lowest BCUT2D eigenvalue weighted by atomic mass is 9.94. The fourth-order valence-electron chi connectivity index (χ4n) is 2.21. The minimum absolute atomic E-state index is 0.572. The molecule has 0 aromatic heterocycles. The lowest BCUT2D eigenvalue weighted by Gasteiger charge is -2.24. The van der Waals surface area contributed by atoms with E-state index >= 15 is 0 Å². The summed E-state index contributed by atoms with van der Waals surface area (Å²) in [5, 5.41) is 3.54. The molecule has 0 aromatic carbocycles. The molecule has 1 aliphatic carbocycles. The molecule has 1 aliphatic rings. The lowest BCUT2D eigenvalue weighted by molar-refractivity contribution is 0.108. The van der Waals surface area contributed by atoms with Gasteiger partial charge in [0.2, 0.25) is 0 Å². The van der Waals surface area contributed by atoms with Crippen molar-refractivity contribution in [2.24, 2.45) is 5.41 Å². The van der Waals surface area contributed by atoms with E-state index in [2.05, 4.69) is 26.1 Å². The van der Waals surface area contributed by atoms with Crippen molar-refractivity contribution >= 4 is 0 Å². The highest BCUT2D eigenvalue weighted by Gasteiger charge is 2.46. The first-order chi connectivity index (χ1) is 7.25. The van der Waals surface area contributed by atoms with E-state index in [9.17, 15) is 0 Å². The summed E-state index contributed by atoms with van der Waals surface area (Å²) in [6, 6.07) is 0.664. The molecule has 0 radical (unpaired) electrons. The highest BCUT2D eigenvalue weighted by Crippen LogP contribution is 2.51. The maximum Gasteiger partial charge on any atom is 0.0471 e. The van der Waals surface area contributed by atoms with E-state index in [1.807, 2.05) is 0 Å². The van der Waals surface area contributed by atoms with Gasteiger partial charge in [-0.25, -0.2) is 0 Å². The van der Waals surface area contributed by atoms with Crippen molar-refractivity contribution < 1.29 is 4.74 Å². The zero-order valence-corrected chi connectivity index (χ0v) is 10.6. The molecular formula is C13H27NO. The van der Waals surface area contributed by atoms with Crippen molar-refractivity contribution in [1.29, 1.82) is 0 Å². The van der Waals surface area contributed by atoms with Gasteiger partial charge in [-0.1, -0.05) is 20.3 Å². The van der Waals surface area contributed by atoms with E-state index in [0.29, 0.717) is 11.5 Å². The Balaban J connectivity index is 2.09. The van der Waals surface area contributed by atoms with E-state index in [-0.39, 0.29) is 0 Å². The topological polar surface area (TPSA) is 21.3 Å². The molecule has 2 heteroatoms. The van der Waals surface area contributed by atoms with Gasteiger partial charge in [0.15, 0.2) is 0 Å². The quantitative estimate of drug-likeness (QED) is 0.595. The van der Waals surface area contributed by atoms with Crippen molar-refractivity contribution in [2.45, 2.75) is 58.9 Å². The number of nitrogens with one attached hydrogen (secondary N) is 1. The Bertz CT molecular complexity index is 166. The molecule has 0 amide bonds. The Morgan fingerprint density at radius 1 is 1.27 bits per heavy atom. The molecular weight excluding hydrogens is 186 g/mol. The second kappa shape index (κ2) is 6.49. The van der Waals surface area contributed by atoms with Gasteiger partial charge < -0.3 is 10.1 Å². The highest BCUT2D eigenvalue weighted by molar-refractivity contribution is 4.99. The maximum atomic E-state index is 5.65. The summed E-state index contributed by atoms with van der Waals surface area (Å²) in [7, 11) is 0. The third-order valence-electron chi connectivity index (χ3n) is 3.71. The Labute approximate surface area is 94.8 Å². The van der Waals surface area contributed by atoms with Crippen molar-refractivity contribution in [2.75, 3.05) is 19.8 Å². The van der Waals surface area contributed by atoms with Crippen LogP contribution in [0.2, 0.25) is 0 Å². The SMILES string of the molecule is CCCCOCCC1(C(C)NCC)CC1. The predicted octanol–water partition coefficient (Wildman–Crippen LogP) is 2.97. The molecule has 0 aliphatic heterocycles. The number of hydrogen-bond donors (Lipinski definition) is 1. The second-order valence-electron chi connectivity index (χ2n) is 4.86. The maximum absolute atomic E-state index is 5.65. The third-order valence-corrected chi connectivity index (χ3v) is 3.71. The molecule has 2 nitrogen and oxygen atoms in total. The number of hydrogen-bond acceptors (Lipinski definition) is 2. The number of ether oxygens (including phenoxy) is 1. The monoisotopic (exact) mass is 213 g/mol. The fourth-order valence-corrected chi connectivity index (χ4v) is 2.21. The smallest absolute Gasteiger partial charge is 0.0471 e. The van der Waals surface area contributed by atoms with Crippen LogP contribution in [0.15, 0.2) is 0 Å². The van der Waals surface area contributed by atoms with Crippen LogP contribution < -0.4 is 5.32 Å². The minimum Gasteiger partial charge on any atom is -0.381 e. The van der Waals surface area contributed by atoms with Crippen LogP contribution in [0.25, 0.3) is 0 Å². The number of unbranched alkanes of at least 4 members (excludes halogenated alkanes) is 1. The van der Waals surface area contributed by atoms with Crippen molar-refractivity contribution in [1.82, 2.24) is 5.32 Å². The van der Waals surface area contributed by atoms with Crippen molar-refractivity contribution in [3.05, 3.63) is 0 Å². The summed E-state index contributed by atoms with van der Waals surface area (Å²) >= 11 is 0. The van der Waals surface area contributed by atoms with Crippen LogP contribution in [0.4, 0.5) is 0 Å². The van der Waals surface area contributed by atoms with Gasteiger partial charge in [-0.05, 0) is 44.6 Å². The van der Waals surface area contributed by atoms with Gasteiger partial charge in [-0.2, -0.15) is 0 Å². The molecule has 1 rings (SSSR count). The first-order valence-electron chi connectivity index (χ1n) is 6.56. The fraction of sp³-hybridized carbons (Fsp3) is 1.00. The molecule has 0 heterocycles. The predicted molar refractivity (Wildman–Crippen MR) is 65.1 cm³/mol.